The van der Waals surface area contributed by atoms with E-state index in [1.165, 1.54) is 5.56 Å². The fourth-order valence-electron chi connectivity index (χ4n) is 1.09. The minimum atomic E-state index is -0.250. The summed E-state index contributed by atoms with van der Waals surface area (Å²) in [7, 11) is 0. The number of benzene rings is 1. The summed E-state index contributed by atoms with van der Waals surface area (Å²) in [6.07, 6.45) is 0.412. The van der Waals surface area contributed by atoms with Gasteiger partial charge in [-0.2, -0.15) is 0 Å². The van der Waals surface area contributed by atoms with Crippen molar-refractivity contribution in [3.8, 4) is 0 Å². The molecule has 1 aromatic rings. The SMILES string of the molecule is NC(=O)CCN(I)Cc1ccccc1. The molecule has 76 valence electrons. The van der Waals surface area contributed by atoms with Gasteiger partial charge in [-0.1, -0.05) is 30.3 Å². The van der Waals surface area contributed by atoms with E-state index in [0.717, 1.165) is 6.54 Å². The first-order chi connectivity index (χ1) is 6.68. The standard InChI is InChI=1S/C10H13IN2O/c11-13(7-6-10(12)14)8-9-4-2-1-3-5-9/h1-5H,6-8H2,(H2,12,14). The van der Waals surface area contributed by atoms with Crippen LogP contribution in [-0.4, -0.2) is 15.6 Å². The average molecular weight is 304 g/mol. The molecule has 0 heterocycles. The smallest absolute Gasteiger partial charge is 0.218 e. The number of carbonyl (C=O) groups is 1. The Bertz CT molecular complexity index is 289. The second-order valence-electron chi connectivity index (χ2n) is 3.05. The van der Waals surface area contributed by atoms with E-state index in [4.69, 9.17) is 5.73 Å². The Morgan fingerprint density at radius 2 is 2.00 bits per heavy atom. The Morgan fingerprint density at radius 3 is 2.57 bits per heavy atom. The van der Waals surface area contributed by atoms with Crippen molar-refractivity contribution in [2.24, 2.45) is 5.73 Å². The number of amides is 1. The third-order valence-corrected chi connectivity index (χ3v) is 2.62. The van der Waals surface area contributed by atoms with Gasteiger partial charge in [0.15, 0.2) is 0 Å². The van der Waals surface area contributed by atoms with Crippen LogP contribution in [0.2, 0.25) is 0 Å². The molecule has 0 aliphatic rings. The zero-order chi connectivity index (χ0) is 10.4. The van der Waals surface area contributed by atoms with Crippen molar-refractivity contribution in [1.82, 2.24) is 3.11 Å². The summed E-state index contributed by atoms with van der Waals surface area (Å²) in [6.45, 7) is 1.54. The molecule has 0 saturated carbocycles. The Morgan fingerprint density at radius 1 is 1.36 bits per heavy atom. The first-order valence-corrected chi connectivity index (χ1v) is 5.38. The first kappa shape index (κ1) is 11.5. The van der Waals surface area contributed by atoms with Crippen LogP contribution in [0, 0.1) is 0 Å². The van der Waals surface area contributed by atoms with Gasteiger partial charge in [-0.15, -0.1) is 0 Å². The molecule has 2 N–H and O–H groups in total. The summed E-state index contributed by atoms with van der Waals surface area (Å²) in [6, 6.07) is 10.1. The number of rotatable bonds is 5. The quantitative estimate of drug-likeness (QED) is 0.665. The number of hydrogen-bond acceptors (Lipinski definition) is 2. The van der Waals surface area contributed by atoms with Gasteiger partial charge in [-0.3, -0.25) is 4.79 Å². The molecule has 0 aromatic heterocycles. The zero-order valence-corrected chi connectivity index (χ0v) is 9.98. The van der Waals surface area contributed by atoms with Gasteiger partial charge in [0, 0.05) is 42.4 Å². The van der Waals surface area contributed by atoms with Crippen LogP contribution in [0.25, 0.3) is 0 Å². The fourth-order valence-corrected chi connectivity index (χ4v) is 1.73. The van der Waals surface area contributed by atoms with Crippen molar-refractivity contribution in [1.29, 1.82) is 0 Å². The minimum Gasteiger partial charge on any atom is -0.370 e. The van der Waals surface area contributed by atoms with Crippen LogP contribution in [0.4, 0.5) is 0 Å². The van der Waals surface area contributed by atoms with Crippen LogP contribution in [-0.2, 0) is 11.3 Å². The van der Waals surface area contributed by atoms with Crippen molar-refractivity contribution in [3.63, 3.8) is 0 Å². The van der Waals surface area contributed by atoms with Gasteiger partial charge >= 0.3 is 0 Å². The number of halogens is 1. The van der Waals surface area contributed by atoms with Gasteiger partial charge in [-0.05, 0) is 5.56 Å². The van der Waals surface area contributed by atoms with Crippen LogP contribution < -0.4 is 5.73 Å². The van der Waals surface area contributed by atoms with Crippen molar-refractivity contribution >= 4 is 28.8 Å². The molecule has 1 amide bonds. The van der Waals surface area contributed by atoms with E-state index in [2.05, 4.69) is 38.1 Å². The molecule has 0 fully saturated rings. The van der Waals surface area contributed by atoms with E-state index in [-0.39, 0.29) is 5.91 Å². The van der Waals surface area contributed by atoms with Crippen molar-refractivity contribution < 1.29 is 4.79 Å². The lowest BCUT2D eigenvalue weighted by Crippen LogP contribution is -2.20. The lowest BCUT2D eigenvalue weighted by molar-refractivity contribution is -0.118. The highest BCUT2D eigenvalue weighted by molar-refractivity contribution is 14.1. The number of carbonyl (C=O) groups excluding carboxylic acids is 1. The Balaban J connectivity index is 2.34. The Kier molecular flexibility index (Phi) is 4.89. The van der Waals surface area contributed by atoms with Gasteiger partial charge in [0.2, 0.25) is 5.91 Å². The monoisotopic (exact) mass is 304 g/mol. The maximum atomic E-state index is 10.5. The van der Waals surface area contributed by atoms with Gasteiger partial charge in [0.05, 0.1) is 0 Å². The van der Waals surface area contributed by atoms with E-state index in [0.29, 0.717) is 13.0 Å². The summed E-state index contributed by atoms with van der Waals surface area (Å²) in [5.74, 6) is -0.250. The van der Waals surface area contributed by atoms with Crippen LogP contribution in [0.3, 0.4) is 0 Å². The van der Waals surface area contributed by atoms with Crippen LogP contribution in [0.5, 0.6) is 0 Å². The largest absolute Gasteiger partial charge is 0.370 e. The molecule has 0 unspecified atom stereocenters. The molecule has 3 nitrogen and oxygen atoms in total. The molecule has 0 aliphatic heterocycles. The summed E-state index contributed by atoms with van der Waals surface area (Å²) in [5, 5.41) is 0. The van der Waals surface area contributed by atoms with Crippen molar-refractivity contribution in [2.45, 2.75) is 13.0 Å². The average Bonchev–Trinajstić information content (AvgIpc) is 2.16. The van der Waals surface area contributed by atoms with Crippen molar-refractivity contribution in [3.05, 3.63) is 35.9 Å². The molecule has 0 aliphatic carbocycles. The minimum absolute atomic E-state index is 0.250. The predicted octanol–water partition coefficient (Wildman–Crippen LogP) is 1.71. The second kappa shape index (κ2) is 5.98. The van der Waals surface area contributed by atoms with Gasteiger partial charge < -0.3 is 5.73 Å². The van der Waals surface area contributed by atoms with Crippen molar-refractivity contribution in [2.75, 3.05) is 6.54 Å². The maximum absolute atomic E-state index is 10.5. The third-order valence-electron chi connectivity index (χ3n) is 1.80. The molecule has 1 rings (SSSR count). The molecular formula is C10H13IN2O. The molecule has 0 spiro atoms. The van der Waals surface area contributed by atoms with Crippen LogP contribution in [0.15, 0.2) is 30.3 Å². The second-order valence-corrected chi connectivity index (χ2v) is 4.41. The van der Waals surface area contributed by atoms with E-state index in [9.17, 15) is 4.79 Å². The first-order valence-electron chi connectivity index (χ1n) is 4.41. The van der Waals surface area contributed by atoms with Crippen LogP contribution >= 0.6 is 22.9 Å². The van der Waals surface area contributed by atoms with E-state index in [1.807, 2.05) is 18.2 Å². The predicted molar refractivity (Wildman–Crippen MR) is 64.7 cm³/mol. The van der Waals surface area contributed by atoms with Gasteiger partial charge in [0.1, 0.15) is 0 Å². The normalized spacial score (nSPS) is 10.4. The highest BCUT2D eigenvalue weighted by atomic mass is 127. The molecule has 0 radical (unpaired) electrons. The summed E-state index contributed by atoms with van der Waals surface area (Å²) in [4.78, 5) is 10.5. The van der Waals surface area contributed by atoms with E-state index >= 15 is 0 Å². The molecule has 4 heteroatoms. The molecular weight excluding hydrogens is 291 g/mol. The molecule has 1 aromatic carbocycles. The summed E-state index contributed by atoms with van der Waals surface area (Å²) >= 11 is 2.20. The Hall–Kier alpha value is -0.620. The summed E-state index contributed by atoms with van der Waals surface area (Å²) in [5.41, 5.74) is 6.31. The van der Waals surface area contributed by atoms with E-state index < -0.39 is 0 Å². The Labute approximate surface area is 97.8 Å². The zero-order valence-electron chi connectivity index (χ0n) is 7.82. The molecule has 0 saturated heterocycles. The highest BCUT2D eigenvalue weighted by Crippen LogP contribution is 2.08. The number of primary amides is 1. The third kappa shape index (κ3) is 4.57. The summed E-state index contributed by atoms with van der Waals surface area (Å²) < 4.78 is 2.05. The number of nitrogens with two attached hydrogens (primary N) is 1. The lowest BCUT2D eigenvalue weighted by Gasteiger charge is -2.12. The van der Waals surface area contributed by atoms with Gasteiger partial charge in [-0.25, -0.2) is 3.11 Å². The highest BCUT2D eigenvalue weighted by Gasteiger charge is 2.03. The fraction of sp³-hybridized carbons (Fsp3) is 0.300. The lowest BCUT2D eigenvalue weighted by atomic mass is 10.2. The molecule has 0 bridgehead atoms. The number of hydrogen-bond donors (Lipinski definition) is 1. The maximum Gasteiger partial charge on any atom is 0.218 e. The molecule has 14 heavy (non-hydrogen) atoms. The van der Waals surface area contributed by atoms with Crippen LogP contribution in [0.1, 0.15) is 12.0 Å². The number of nitrogens with zero attached hydrogens (tertiary/aromatic N) is 1. The van der Waals surface area contributed by atoms with E-state index in [1.54, 1.807) is 0 Å². The topological polar surface area (TPSA) is 46.3 Å². The van der Waals surface area contributed by atoms with Gasteiger partial charge in [0.25, 0.3) is 0 Å². The molecule has 0 atom stereocenters.